The second kappa shape index (κ2) is 10.1. The number of amides is 1. The van der Waals surface area contributed by atoms with Gasteiger partial charge in [-0.15, -0.1) is 0 Å². The fourth-order valence-electron chi connectivity index (χ4n) is 4.50. The van der Waals surface area contributed by atoms with Gasteiger partial charge in [-0.3, -0.25) is 9.59 Å². The first-order valence-corrected chi connectivity index (χ1v) is 12.2. The van der Waals surface area contributed by atoms with Crippen molar-refractivity contribution in [3.05, 3.63) is 82.0 Å². The third kappa shape index (κ3) is 4.70. The molecule has 1 saturated heterocycles. The van der Waals surface area contributed by atoms with Crippen LogP contribution in [0.2, 0.25) is 10.0 Å². The molecular weight excluding hydrogens is 487 g/mol. The van der Waals surface area contributed by atoms with Gasteiger partial charge in [-0.1, -0.05) is 74.0 Å². The van der Waals surface area contributed by atoms with Crippen LogP contribution < -0.4 is 5.32 Å². The van der Waals surface area contributed by atoms with Crippen molar-refractivity contribution in [1.82, 2.24) is 9.88 Å². The van der Waals surface area contributed by atoms with Crippen molar-refractivity contribution in [1.29, 1.82) is 0 Å². The molecule has 1 amide bonds. The van der Waals surface area contributed by atoms with Crippen LogP contribution in [0, 0.1) is 5.92 Å². The van der Waals surface area contributed by atoms with E-state index in [0.717, 1.165) is 22.0 Å². The molecule has 1 aliphatic rings. The van der Waals surface area contributed by atoms with Gasteiger partial charge in [-0.2, -0.15) is 0 Å². The van der Waals surface area contributed by atoms with Crippen molar-refractivity contribution >= 4 is 46.0 Å². The number of hydrogen-bond acceptors (Lipinski definition) is 4. The first-order valence-electron chi connectivity index (χ1n) is 11.4. The molecule has 0 spiro atoms. The maximum Gasteiger partial charge on any atom is 0.313 e. The summed E-state index contributed by atoms with van der Waals surface area (Å²) in [5.74, 6) is -0.848. The average Bonchev–Trinajstić information content (AvgIpc) is 3.15. The monoisotopic (exact) mass is 514 g/mol. The minimum atomic E-state index is -0.663. The smallest absolute Gasteiger partial charge is 0.313 e. The number of nitrogens with one attached hydrogen (secondary N) is 1. The average molecular weight is 515 g/mol. The Labute approximate surface area is 214 Å². The molecular formula is C27H28Cl2N2O4. The molecule has 1 atom stereocenters. The number of carbonyl (C=O) groups is 2. The van der Waals surface area contributed by atoms with E-state index in [2.05, 4.69) is 11.9 Å². The van der Waals surface area contributed by atoms with Gasteiger partial charge in [-0.05, 0) is 35.2 Å². The van der Waals surface area contributed by atoms with E-state index in [1.807, 2.05) is 51.2 Å². The van der Waals surface area contributed by atoms with E-state index in [4.69, 9.17) is 32.7 Å². The van der Waals surface area contributed by atoms with Crippen LogP contribution in [0.1, 0.15) is 41.4 Å². The molecule has 184 valence electrons. The van der Waals surface area contributed by atoms with Crippen LogP contribution in [0.15, 0.2) is 55.1 Å². The summed E-state index contributed by atoms with van der Waals surface area (Å²) in [7, 11) is 1.82. The number of aryl methyl sites for hydroxylation is 1. The summed E-state index contributed by atoms with van der Waals surface area (Å²) in [6, 6.07) is 13.0. The first-order chi connectivity index (χ1) is 16.7. The van der Waals surface area contributed by atoms with Gasteiger partial charge in [0.1, 0.15) is 17.8 Å². The molecule has 1 aliphatic heterocycles. The third-order valence-corrected chi connectivity index (χ3v) is 7.30. The third-order valence-electron chi connectivity index (χ3n) is 6.48. The Morgan fingerprint density at radius 2 is 1.89 bits per heavy atom. The molecule has 6 nitrogen and oxygen atoms in total. The maximum absolute atomic E-state index is 13.3. The normalized spacial score (nSPS) is 15.5. The lowest BCUT2D eigenvalue weighted by Gasteiger charge is -2.42. The second-order valence-electron chi connectivity index (χ2n) is 9.17. The van der Waals surface area contributed by atoms with Gasteiger partial charge in [0.25, 0.3) is 5.91 Å². The first kappa shape index (κ1) is 25.3. The number of aromatic nitrogens is 1. The van der Waals surface area contributed by atoms with Crippen LogP contribution >= 0.6 is 23.2 Å². The standard InChI is InChI=1S/C27H28Cl2N2O4/c1-5-12-35-26(33)23(16(2)3)17-6-8-18(9-7-17)27(14-34-15-27)30-25(32)22-13-19-21(31(22)4)11-10-20(28)24(19)29/h5-11,13,16,23H,1,12,14-15H2,2-4H3,(H,30,32). The molecule has 0 saturated carbocycles. The summed E-state index contributed by atoms with van der Waals surface area (Å²) in [6.07, 6.45) is 1.56. The molecule has 1 N–H and O–H groups in total. The van der Waals surface area contributed by atoms with E-state index >= 15 is 0 Å². The predicted molar refractivity (Wildman–Crippen MR) is 138 cm³/mol. The molecule has 2 aromatic carbocycles. The van der Waals surface area contributed by atoms with Crippen molar-refractivity contribution in [2.24, 2.45) is 13.0 Å². The van der Waals surface area contributed by atoms with E-state index < -0.39 is 5.54 Å². The summed E-state index contributed by atoms with van der Waals surface area (Å²) in [4.78, 5) is 25.9. The lowest BCUT2D eigenvalue weighted by Crippen LogP contribution is -2.59. The van der Waals surface area contributed by atoms with Crippen LogP contribution in [0.3, 0.4) is 0 Å². The second-order valence-corrected chi connectivity index (χ2v) is 9.96. The maximum atomic E-state index is 13.3. The highest BCUT2D eigenvalue weighted by Gasteiger charge is 2.42. The predicted octanol–water partition coefficient (Wildman–Crippen LogP) is 5.61. The zero-order valence-corrected chi connectivity index (χ0v) is 21.4. The SMILES string of the molecule is C=CCOC(=O)C(c1ccc(C2(NC(=O)c3cc4c(Cl)c(Cl)ccc4n3C)COC2)cc1)C(C)C. The van der Waals surface area contributed by atoms with Crippen LogP contribution in [-0.2, 0) is 26.9 Å². The van der Waals surface area contributed by atoms with Crippen LogP contribution in [0.5, 0.6) is 0 Å². The van der Waals surface area contributed by atoms with Crippen molar-refractivity contribution in [2.75, 3.05) is 19.8 Å². The number of benzene rings is 2. The highest BCUT2D eigenvalue weighted by molar-refractivity contribution is 6.45. The number of hydrogen-bond donors (Lipinski definition) is 1. The molecule has 0 bridgehead atoms. The number of carbonyl (C=O) groups excluding carboxylic acids is 2. The molecule has 35 heavy (non-hydrogen) atoms. The summed E-state index contributed by atoms with van der Waals surface area (Å²) in [6.45, 7) is 8.45. The van der Waals surface area contributed by atoms with Crippen molar-refractivity contribution in [2.45, 2.75) is 25.3 Å². The molecule has 0 aliphatic carbocycles. The van der Waals surface area contributed by atoms with E-state index in [0.29, 0.717) is 29.0 Å². The molecule has 4 rings (SSSR count). The number of halogens is 2. The van der Waals surface area contributed by atoms with E-state index in [-0.39, 0.29) is 30.3 Å². The molecule has 8 heteroatoms. The van der Waals surface area contributed by atoms with Crippen LogP contribution in [0.4, 0.5) is 0 Å². The van der Waals surface area contributed by atoms with Gasteiger partial charge in [0.2, 0.25) is 0 Å². The van der Waals surface area contributed by atoms with Crippen molar-refractivity contribution in [3.63, 3.8) is 0 Å². The summed E-state index contributed by atoms with van der Waals surface area (Å²) < 4.78 is 12.6. The summed E-state index contributed by atoms with van der Waals surface area (Å²) in [5.41, 5.74) is 2.39. The fraction of sp³-hybridized carbons (Fsp3) is 0.333. The van der Waals surface area contributed by atoms with Gasteiger partial charge in [0.05, 0.1) is 29.2 Å². The number of fused-ring (bicyclic) bond motifs is 1. The van der Waals surface area contributed by atoms with E-state index in [1.165, 1.54) is 0 Å². The number of ether oxygens (including phenoxy) is 2. The zero-order chi connectivity index (χ0) is 25.3. The Kier molecular flexibility index (Phi) is 7.27. The van der Waals surface area contributed by atoms with E-state index in [1.54, 1.807) is 22.8 Å². The quantitative estimate of drug-likeness (QED) is 0.313. The van der Waals surface area contributed by atoms with Gasteiger partial charge >= 0.3 is 5.97 Å². The number of rotatable bonds is 8. The van der Waals surface area contributed by atoms with E-state index in [9.17, 15) is 9.59 Å². The van der Waals surface area contributed by atoms with Gasteiger partial charge in [0, 0.05) is 18.0 Å². The lowest BCUT2D eigenvalue weighted by atomic mass is 9.83. The summed E-state index contributed by atoms with van der Waals surface area (Å²) in [5, 5.41) is 4.73. The number of esters is 1. The summed E-state index contributed by atoms with van der Waals surface area (Å²) >= 11 is 12.5. The molecule has 3 aromatic rings. The van der Waals surface area contributed by atoms with Crippen molar-refractivity contribution in [3.8, 4) is 0 Å². The number of nitrogens with zero attached hydrogens (tertiary/aromatic N) is 1. The van der Waals surface area contributed by atoms with Crippen LogP contribution in [-0.4, -0.2) is 36.3 Å². The Balaban J connectivity index is 1.59. The fourth-order valence-corrected chi connectivity index (χ4v) is 4.88. The molecule has 1 aromatic heterocycles. The van der Waals surface area contributed by atoms with Gasteiger partial charge in [-0.25, -0.2) is 0 Å². The lowest BCUT2D eigenvalue weighted by molar-refractivity contribution is -0.145. The largest absolute Gasteiger partial charge is 0.461 e. The topological polar surface area (TPSA) is 69.6 Å². The van der Waals surface area contributed by atoms with Crippen molar-refractivity contribution < 1.29 is 19.1 Å². The van der Waals surface area contributed by atoms with Gasteiger partial charge < -0.3 is 19.4 Å². The Morgan fingerprint density at radius 1 is 1.20 bits per heavy atom. The van der Waals surface area contributed by atoms with Gasteiger partial charge in [0.15, 0.2) is 0 Å². The Morgan fingerprint density at radius 3 is 2.46 bits per heavy atom. The molecule has 1 unspecified atom stereocenters. The highest BCUT2D eigenvalue weighted by atomic mass is 35.5. The highest BCUT2D eigenvalue weighted by Crippen LogP contribution is 2.35. The zero-order valence-electron chi connectivity index (χ0n) is 19.9. The molecule has 1 fully saturated rings. The Bertz CT molecular complexity index is 1280. The van der Waals surface area contributed by atoms with Crippen LogP contribution in [0.25, 0.3) is 10.9 Å². The molecule has 0 radical (unpaired) electrons. The minimum absolute atomic E-state index is 0.0608. The Hall–Kier alpha value is -2.80. The molecule has 2 heterocycles. The minimum Gasteiger partial charge on any atom is -0.461 e.